The highest BCUT2D eigenvalue weighted by Crippen LogP contribution is 2.21. The van der Waals surface area contributed by atoms with E-state index in [4.69, 9.17) is 10.5 Å². The fourth-order valence-corrected chi connectivity index (χ4v) is 3.86. The van der Waals surface area contributed by atoms with Crippen LogP contribution in [0.5, 0.6) is 0 Å². The molecule has 3 rings (SSSR count). The summed E-state index contributed by atoms with van der Waals surface area (Å²) in [6, 6.07) is 9.17. The van der Waals surface area contributed by atoms with Gasteiger partial charge in [0.1, 0.15) is 12.1 Å². The van der Waals surface area contributed by atoms with Crippen LogP contribution in [-0.2, 0) is 4.79 Å². The molecule has 0 saturated carbocycles. The molecule has 0 aromatic heterocycles. The molecular formula is C16H17N5OS. The Morgan fingerprint density at radius 1 is 1.35 bits per heavy atom. The van der Waals surface area contributed by atoms with Crippen LogP contribution in [0.15, 0.2) is 18.2 Å². The first-order valence-electron chi connectivity index (χ1n) is 7.52. The van der Waals surface area contributed by atoms with Crippen LogP contribution in [-0.4, -0.2) is 47.6 Å². The molecule has 1 aromatic carbocycles. The number of amides is 1. The highest BCUT2D eigenvalue weighted by molar-refractivity contribution is 7.99. The smallest absolute Gasteiger partial charge is 0.240 e. The van der Waals surface area contributed by atoms with Gasteiger partial charge in [-0.3, -0.25) is 4.79 Å². The van der Waals surface area contributed by atoms with E-state index in [0.717, 1.165) is 30.3 Å². The zero-order valence-corrected chi connectivity index (χ0v) is 13.4. The van der Waals surface area contributed by atoms with Gasteiger partial charge in [-0.25, -0.2) is 0 Å². The van der Waals surface area contributed by atoms with Crippen LogP contribution in [0.25, 0.3) is 0 Å². The summed E-state index contributed by atoms with van der Waals surface area (Å²) in [5.74, 6) is 1.98. The minimum Gasteiger partial charge on any atom is -0.381 e. The van der Waals surface area contributed by atoms with Gasteiger partial charge in [0.25, 0.3) is 0 Å². The highest BCUT2D eigenvalue weighted by Gasteiger charge is 2.33. The van der Waals surface area contributed by atoms with Crippen molar-refractivity contribution in [1.82, 2.24) is 10.2 Å². The number of anilines is 1. The van der Waals surface area contributed by atoms with Crippen molar-refractivity contribution < 1.29 is 4.79 Å². The third kappa shape index (κ3) is 3.42. The Hall–Kier alpha value is -2.22. The number of carbonyl (C=O) groups excluding carboxylic acids is 1. The molecule has 0 spiro atoms. The molecule has 2 aliphatic heterocycles. The Labute approximate surface area is 139 Å². The average Bonchev–Trinajstić information content (AvgIpc) is 3.26. The molecule has 1 amide bonds. The standard InChI is InChI=1S/C16H17N5OS/c17-7-11-1-2-13(5-12(11)8-18)20-14-6-15(19-9-14)16(22)21-3-4-23-10-21/h1-2,5,14-15,19-20H,3-4,6,9-10H2/t14-,15-/m0/s1. The topological polar surface area (TPSA) is 91.9 Å². The Morgan fingerprint density at radius 2 is 2.17 bits per heavy atom. The molecule has 0 radical (unpaired) electrons. The predicted molar refractivity (Wildman–Crippen MR) is 88.7 cm³/mol. The summed E-state index contributed by atoms with van der Waals surface area (Å²) < 4.78 is 0. The lowest BCUT2D eigenvalue weighted by Gasteiger charge is -2.19. The van der Waals surface area contributed by atoms with Crippen molar-refractivity contribution in [3.05, 3.63) is 29.3 Å². The lowest BCUT2D eigenvalue weighted by molar-refractivity contribution is -0.131. The zero-order chi connectivity index (χ0) is 16.2. The third-order valence-electron chi connectivity index (χ3n) is 4.12. The van der Waals surface area contributed by atoms with Gasteiger partial charge in [0.05, 0.1) is 23.0 Å². The van der Waals surface area contributed by atoms with E-state index in [1.807, 2.05) is 17.0 Å². The molecule has 2 aliphatic rings. The molecule has 6 nitrogen and oxygen atoms in total. The molecule has 118 valence electrons. The second-order valence-electron chi connectivity index (χ2n) is 5.66. The SMILES string of the molecule is N#Cc1ccc(N[C@@H]2CN[C@H](C(=O)N3CCSC3)C2)cc1C#N. The molecule has 2 fully saturated rings. The number of rotatable bonds is 3. The van der Waals surface area contributed by atoms with Crippen LogP contribution in [0, 0.1) is 22.7 Å². The molecule has 2 saturated heterocycles. The van der Waals surface area contributed by atoms with Gasteiger partial charge in [0.15, 0.2) is 0 Å². The van der Waals surface area contributed by atoms with Crippen molar-refractivity contribution in [3.63, 3.8) is 0 Å². The Morgan fingerprint density at radius 3 is 2.87 bits per heavy atom. The molecular weight excluding hydrogens is 310 g/mol. The summed E-state index contributed by atoms with van der Waals surface area (Å²) in [6.45, 7) is 1.54. The van der Waals surface area contributed by atoms with Crippen LogP contribution >= 0.6 is 11.8 Å². The van der Waals surface area contributed by atoms with Gasteiger partial charge < -0.3 is 15.5 Å². The number of hydrogen-bond donors (Lipinski definition) is 2. The number of nitriles is 2. The van der Waals surface area contributed by atoms with E-state index in [1.165, 1.54) is 0 Å². The van der Waals surface area contributed by atoms with Gasteiger partial charge in [-0.1, -0.05) is 0 Å². The monoisotopic (exact) mass is 327 g/mol. The molecule has 2 N–H and O–H groups in total. The minimum absolute atomic E-state index is 0.138. The quantitative estimate of drug-likeness (QED) is 0.864. The van der Waals surface area contributed by atoms with Crippen molar-refractivity contribution in [2.24, 2.45) is 0 Å². The Kier molecular flexibility index (Phi) is 4.71. The molecule has 1 aromatic rings. The number of benzene rings is 1. The summed E-state index contributed by atoms with van der Waals surface area (Å²) in [5, 5.41) is 24.6. The van der Waals surface area contributed by atoms with Gasteiger partial charge in [-0.2, -0.15) is 10.5 Å². The first kappa shape index (κ1) is 15.7. The number of carbonyl (C=O) groups is 1. The molecule has 0 unspecified atom stereocenters. The summed E-state index contributed by atoms with van der Waals surface area (Å²) in [5.41, 5.74) is 1.55. The lowest BCUT2D eigenvalue weighted by Crippen LogP contribution is -2.42. The molecule has 23 heavy (non-hydrogen) atoms. The van der Waals surface area contributed by atoms with E-state index in [2.05, 4.69) is 10.6 Å². The van der Waals surface area contributed by atoms with Crippen molar-refractivity contribution in [2.45, 2.75) is 18.5 Å². The lowest BCUT2D eigenvalue weighted by atomic mass is 10.1. The summed E-state index contributed by atoms with van der Waals surface area (Å²) in [7, 11) is 0. The third-order valence-corrected chi connectivity index (χ3v) is 5.09. The van der Waals surface area contributed by atoms with Gasteiger partial charge in [-0.15, -0.1) is 11.8 Å². The van der Waals surface area contributed by atoms with Gasteiger partial charge in [-0.05, 0) is 24.6 Å². The maximum atomic E-state index is 12.4. The van der Waals surface area contributed by atoms with Crippen LogP contribution in [0.2, 0.25) is 0 Å². The summed E-state index contributed by atoms with van der Waals surface area (Å²) in [6.07, 6.45) is 0.724. The largest absolute Gasteiger partial charge is 0.381 e. The molecule has 0 aliphatic carbocycles. The average molecular weight is 327 g/mol. The fraction of sp³-hybridized carbons (Fsp3) is 0.438. The number of nitrogens with one attached hydrogen (secondary N) is 2. The zero-order valence-electron chi connectivity index (χ0n) is 12.6. The second kappa shape index (κ2) is 6.91. The maximum Gasteiger partial charge on any atom is 0.240 e. The first-order valence-corrected chi connectivity index (χ1v) is 8.67. The number of thioether (sulfide) groups is 1. The minimum atomic E-state index is -0.139. The van der Waals surface area contributed by atoms with Crippen LogP contribution in [0.1, 0.15) is 17.5 Å². The molecule has 2 atom stereocenters. The van der Waals surface area contributed by atoms with Crippen molar-refractivity contribution in [1.29, 1.82) is 10.5 Å². The van der Waals surface area contributed by atoms with Gasteiger partial charge in [0.2, 0.25) is 5.91 Å². The number of hydrogen-bond acceptors (Lipinski definition) is 6. The van der Waals surface area contributed by atoms with E-state index < -0.39 is 0 Å². The van der Waals surface area contributed by atoms with Crippen LogP contribution in [0.4, 0.5) is 5.69 Å². The van der Waals surface area contributed by atoms with Crippen molar-refractivity contribution in [3.8, 4) is 12.1 Å². The highest BCUT2D eigenvalue weighted by atomic mass is 32.2. The Balaban J connectivity index is 1.61. The van der Waals surface area contributed by atoms with Crippen LogP contribution in [0.3, 0.4) is 0 Å². The normalized spacial score (nSPS) is 23.3. The van der Waals surface area contributed by atoms with E-state index in [9.17, 15) is 4.79 Å². The summed E-state index contributed by atoms with van der Waals surface area (Å²) >= 11 is 1.78. The molecule has 7 heteroatoms. The Bertz CT molecular complexity index is 687. The summed E-state index contributed by atoms with van der Waals surface area (Å²) in [4.78, 5) is 14.3. The number of nitrogens with zero attached hydrogens (tertiary/aromatic N) is 3. The van der Waals surface area contributed by atoms with Crippen molar-refractivity contribution in [2.75, 3.05) is 30.0 Å². The molecule has 0 bridgehead atoms. The first-order chi connectivity index (χ1) is 11.2. The molecule has 2 heterocycles. The maximum absolute atomic E-state index is 12.4. The van der Waals surface area contributed by atoms with E-state index in [1.54, 1.807) is 30.0 Å². The van der Waals surface area contributed by atoms with E-state index in [0.29, 0.717) is 17.7 Å². The fourth-order valence-electron chi connectivity index (χ4n) is 2.90. The van der Waals surface area contributed by atoms with Gasteiger partial charge >= 0.3 is 0 Å². The second-order valence-corrected chi connectivity index (χ2v) is 6.74. The predicted octanol–water partition coefficient (Wildman–Crippen LogP) is 1.11. The van der Waals surface area contributed by atoms with Crippen molar-refractivity contribution >= 4 is 23.4 Å². The van der Waals surface area contributed by atoms with Crippen LogP contribution < -0.4 is 10.6 Å². The van der Waals surface area contributed by atoms with Gasteiger partial charge in [0, 0.05) is 30.6 Å². The van der Waals surface area contributed by atoms with E-state index in [-0.39, 0.29) is 18.0 Å². The van der Waals surface area contributed by atoms with E-state index >= 15 is 0 Å².